The number of benzene rings is 2. The van der Waals surface area contributed by atoms with E-state index < -0.39 is 17.8 Å². The normalized spacial score (nSPS) is 28.8. The third kappa shape index (κ3) is 3.77. The van der Waals surface area contributed by atoms with Crippen molar-refractivity contribution in [1.29, 1.82) is 0 Å². The molecule has 2 bridgehead atoms. The van der Waals surface area contributed by atoms with Crippen LogP contribution in [-0.4, -0.2) is 54.0 Å². The van der Waals surface area contributed by atoms with Gasteiger partial charge in [0, 0.05) is 16.0 Å². The van der Waals surface area contributed by atoms with E-state index in [1.165, 1.54) is 19.1 Å². The lowest BCUT2D eigenvalue weighted by molar-refractivity contribution is -0.123. The maximum atomic E-state index is 14.0. The number of nitrogens with zero attached hydrogens (tertiary/aromatic N) is 1. The van der Waals surface area contributed by atoms with Gasteiger partial charge in [-0.3, -0.25) is 19.3 Å². The van der Waals surface area contributed by atoms with Gasteiger partial charge in [0.1, 0.15) is 0 Å². The molecule has 7 atom stereocenters. The van der Waals surface area contributed by atoms with Crippen molar-refractivity contribution in [2.45, 2.75) is 29.5 Å². The van der Waals surface area contributed by atoms with Crippen LogP contribution in [0.4, 0.5) is 5.69 Å². The molecule has 3 aromatic rings. The lowest BCUT2D eigenvalue weighted by Crippen LogP contribution is -2.42. The number of thiazole rings is 1. The Morgan fingerprint density at radius 1 is 1.02 bits per heavy atom. The quantitative estimate of drug-likeness (QED) is 0.314. The Kier molecular flexibility index (Phi) is 6.39. The number of aromatic hydroxyl groups is 1. The number of carbonyl (C=O) groups excluding carboxylic acids is 3. The summed E-state index contributed by atoms with van der Waals surface area (Å²) < 4.78 is 16.0. The fraction of sp³-hybridized carbons (Fsp3) is 0.400. The number of hydrogen-bond donors (Lipinski definition) is 2. The van der Waals surface area contributed by atoms with Crippen molar-refractivity contribution >= 4 is 46.6 Å². The van der Waals surface area contributed by atoms with E-state index in [1.54, 1.807) is 55.1 Å². The van der Waals surface area contributed by atoms with E-state index in [-0.39, 0.29) is 69.5 Å². The molecule has 2 saturated carbocycles. The number of aromatic amines is 1. The molecule has 0 spiro atoms. The van der Waals surface area contributed by atoms with Gasteiger partial charge in [-0.15, -0.1) is 11.8 Å². The summed E-state index contributed by atoms with van der Waals surface area (Å²) in [6, 6.07) is 9.92. The zero-order valence-corrected chi connectivity index (χ0v) is 24.6. The largest absolute Gasteiger partial charge is 0.502 e. The van der Waals surface area contributed by atoms with Crippen molar-refractivity contribution in [3.63, 3.8) is 0 Å². The molecule has 2 aliphatic heterocycles. The second-order valence-electron chi connectivity index (χ2n) is 11.0. The van der Waals surface area contributed by atoms with E-state index in [1.807, 2.05) is 0 Å². The number of aromatic nitrogens is 1. The Morgan fingerprint density at radius 3 is 2.29 bits per heavy atom. The lowest BCUT2D eigenvalue weighted by atomic mass is 9.68. The fourth-order valence-electron chi connectivity index (χ4n) is 7.70. The van der Waals surface area contributed by atoms with Crippen LogP contribution in [0.3, 0.4) is 0 Å². The molecular formula is C30H28N2O8S2. The van der Waals surface area contributed by atoms with Gasteiger partial charge < -0.3 is 24.3 Å². The first kappa shape index (κ1) is 27.1. The van der Waals surface area contributed by atoms with Gasteiger partial charge in [0.25, 0.3) is 0 Å². The predicted molar refractivity (Wildman–Crippen MR) is 155 cm³/mol. The highest BCUT2D eigenvalue weighted by molar-refractivity contribution is 8.00. The van der Waals surface area contributed by atoms with Crippen molar-refractivity contribution in [2.24, 2.45) is 29.6 Å². The van der Waals surface area contributed by atoms with Gasteiger partial charge in [-0.1, -0.05) is 11.3 Å². The average molecular weight is 609 g/mol. The Labute approximate surface area is 249 Å². The first-order chi connectivity index (χ1) is 20.3. The summed E-state index contributed by atoms with van der Waals surface area (Å²) in [6.45, 7) is 1.98. The molecule has 2 aromatic carbocycles. The van der Waals surface area contributed by atoms with E-state index in [2.05, 4.69) is 4.98 Å². The van der Waals surface area contributed by atoms with Gasteiger partial charge in [0.15, 0.2) is 11.5 Å². The molecular weight excluding hydrogens is 580 g/mol. The molecule has 1 saturated heterocycles. The zero-order valence-electron chi connectivity index (χ0n) is 23.0. The number of thioether (sulfide) groups is 1. The monoisotopic (exact) mass is 608 g/mol. The second-order valence-corrected chi connectivity index (χ2v) is 13.2. The van der Waals surface area contributed by atoms with E-state index in [4.69, 9.17) is 14.2 Å². The fourth-order valence-corrected chi connectivity index (χ4v) is 10.6. The number of anilines is 1. The van der Waals surface area contributed by atoms with Gasteiger partial charge in [-0.05, 0) is 73.1 Å². The van der Waals surface area contributed by atoms with Crippen LogP contribution in [0.25, 0.3) is 0 Å². The minimum absolute atomic E-state index is 0.00711. The van der Waals surface area contributed by atoms with Gasteiger partial charge in [0.05, 0.1) is 48.9 Å². The number of rotatable bonds is 6. The second kappa shape index (κ2) is 9.91. The van der Waals surface area contributed by atoms with E-state index in [0.717, 1.165) is 33.2 Å². The molecule has 3 heterocycles. The smallest absolute Gasteiger partial charge is 0.338 e. The van der Waals surface area contributed by atoms with Crippen molar-refractivity contribution in [1.82, 2.24) is 4.98 Å². The van der Waals surface area contributed by atoms with Crippen LogP contribution in [0, 0.1) is 29.6 Å². The van der Waals surface area contributed by atoms with Gasteiger partial charge in [0.2, 0.25) is 17.6 Å². The number of imide groups is 1. The SMILES string of the molecule is CCOC(=O)c1ccc(N2C(=O)C3C(C2=O)[C@@H]2C[C@H]3C3Sc4[nH]c(=O)sc4C(c4cc(OC)c(O)c(OC)c4)C32)cc1. The standard InChI is InChI=1S/C30H28N2O8S2/c1-4-40-29(36)12-5-7-14(8-6-12)32-27(34)21-15-11-16(22(21)28(32)35)24-20(15)19(25-26(41-24)31-30(37)42-25)13-9-17(38-2)23(33)18(10-13)39-3/h5-10,15-16,19-22,24,33H,4,11H2,1-3H3,(H,31,37)/t15-,16-,19?,20?,21?,22?,24?/m1/s1. The highest BCUT2D eigenvalue weighted by Gasteiger charge is 2.69. The summed E-state index contributed by atoms with van der Waals surface area (Å²) in [6.07, 6.45) is 0.743. The molecule has 218 valence electrons. The number of carbonyl (C=O) groups is 3. The number of nitrogens with one attached hydrogen (secondary N) is 1. The highest BCUT2D eigenvalue weighted by atomic mass is 32.2. The maximum Gasteiger partial charge on any atom is 0.338 e. The molecule has 1 aromatic heterocycles. The minimum atomic E-state index is -0.477. The van der Waals surface area contributed by atoms with Crippen molar-refractivity contribution in [3.8, 4) is 17.2 Å². The summed E-state index contributed by atoms with van der Waals surface area (Å²) in [5.74, 6) is -1.82. The molecule has 2 N–H and O–H groups in total. The van der Waals surface area contributed by atoms with Crippen molar-refractivity contribution in [3.05, 3.63) is 62.1 Å². The van der Waals surface area contributed by atoms with Gasteiger partial charge in [-0.2, -0.15) is 0 Å². The number of fused-ring (bicyclic) bond motifs is 9. The van der Waals surface area contributed by atoms with E-state index >= 15 is 0 Å². The predicted octanol–water partition coefficient (Wildman–Crippen LogP) is 4.01. The maximum absolute atomic E-state index is 14.0. The summed E-state index contributed by atoms with van der Waals surface area (Å²) in [5, 5.41) is 11.4. The van der Waals surface area contributed by atoms with Crippen LogP contribution >= 0.6 is 23.1 Å². The number of phenolic OH excluding ortho intramolecular Hbond substituents is 1. The molecule has 42 heavy (non-hydrogen) atoms. The molecule has 10 nitrogen and oxygen atoms in total. The number of methoxy groups -OCH3 is 2. The van der Waals surface area contributed by atoms with Crippen LogP contribution in [0.5, 0.6) is 17.2 Å². The van der Waals surface area contributed by atoms with Crippen molar-refractivity contribution < 1.29 is 33.7 Å². The molecule has 7 rings (SSSR count). The molecule has 2 amide bonds. The Bertz CT molecular complexity index is 1660. The number of amides is 2. The van der Waals surface area contributed by atoms with Crippen LogP contribution in [-0.2, 0) is 14.3 Å². The van der Waals surface area contributed by atoms with Gasteiger partial charge in [-0.25, -0.2) is 4.79 Å². The first-order valence-corrected chi connectivity index (χ1v) is 15.5. The summed E-state index contributed by atoms with van der Waals surface area (Å²) >= 11 is 2.76. The molecule has 12 heteroatoms. The third-order valence-electron chi connectivity index (χ3n) is 9.22. The lowest BCUT2D eigenvalue weighted by Gasteiger charge is -2.43. The topological polar surface area (TPSA) is 135 Å². The van der Waals surface area contributed by atoms with Crippen LogP contribution in [0.2, 0.25) is 0 Å². The van der Waals surface area contributed by atoms with Crippen molar-refractivity contribution in [2.75, 3.05) is 25.7 Å². The number of phenols is 1. The summed E-state index contributed by atoms with van der Waals surface area (Å²) in [7, 11) is 2.94. The third-order valence-corrected chi connectivity index (χ3v) is 11.8. The zero-order chi connectivity index (χ0) is 29.4. The average Bonchev–Trinajstić information content (AvgIpc) is 3.72. The molecule has 4 aliphatic rings. The molecule has 3 fully saturated rings. The first-order valence-electron chi connectivity index (χ1n) is 13.8. The van der Waals surface area contributed by atoms with E-state index in [0.29, 0.717) is 11.3 Å². The number of H-pyrrole nitrogens is 1. The molecule has 5 unspecified atom stereocenters. The van der Waals surface area contributed by atoms with Gasteiger partial charge >= 0.3 is 10.8 Å². The number of ether oxygens (including phenoxy) is 3. The van der Waals surface area contributed by atoms with Crippen LogP contribution in [0.1, 0.15) is 40.1 Å². The highest BCUT2D eigenvalue weighted by Crippen LogP contribution is 2.69. The summed E-state index contributed by atoms with van der Waals surface area (Å²) in [5.41, 5.74) is 1.61. The minimum Gasteiger partial charge on any atom is -0.502 e. The summed E-state index contributed by atoms with van der Waals surface area (Å²) in [4.78, 5) is 57.5. The Morgan fingerprint density at radius 2 is 1.67 bits per heavy atom. The van der Waals surface area contributed by atoms with E-state index in [9.17, 15) is 24.3 Å². The van der Waals surface area contributed by atoms with Crippen LogP contribution in [0.15, 0.2) is 46.2 Å². The Balaban J connectivity index is 1.28. The molecule has 2 aliphatic carbocycles. The molecule has 0 radical (unpaired) electrons. The number of esters is 1. The van der Waals surface area contributed by atoms with Crippen LogP contribution < -0.4 is 19.2 Å². The number of hydrogen-bond acceptors (Lipinski definition) is 10. The Hall–Kier alpha value is -3.77.